The number of nitrogens with zero attached hydrogens (tertiary/aromatic N) is 2. The third kappa shape index (κ3) is 1.98. The van der Waals surface area contributed by atoms with Gasteiger partial charge in [-0.3, -0.25) is 0 Å². The lowest BCUT2D eigenvalue weighted by atomic mass is 10.3. The Hall–Kier alpha value is -0.920. The monoisotopic (exact) mass is 245 g/mol. The lowest BCUT2D eigenvalue weighted by molar-refractivity contribution is 0.189. The van der Waals surface area contributed by atoms with Crippen molar-refractivity contribution in [3.05, 3.63) is 12.0 Å². The van der Waals surface area contributed by atoms with E-state index in [1.165, 1.54) is 10.5 Å². The SMILES string of the molecule is CCc1ncc(S(=O)(=O)N2CC[C@@H](O)C2)[nH]1. The molecule has 0 amide bonds. The quantitative estimate of drug-likeness (QED) is 0.767. The number of hydrogen-bond acceptors (Lipinski definition) is 4. The van der Waals surface area contributed by atoms with Crippen LogP contribution in [0.4, 0.5) is 0 Å². The number of sulfonamides is 1. The Labute approximate surface area is 94.4 Å². The highest BCUT2D eigenvalue weighted by atomic mass is 32.2. The van der Waals surface area contributed by atoms with Crippen LogP contribution in [0.25, 0.3) is 0 Å². The molecule has 0 bridgehead atoms. The molecular formula is C9H15N3O3S. The Kier molecular flexibility index (Phi) is 3.00. The molecule has 0 unspecified atom stereocenters. The number of aliphatic hydroxyl groups is 1. The maximum absolute atomic E-state index is 12.1. The number of aromatic nitrogens is 2. The van der Waals surface area contributed by atoms with E-state index in [2.05, 4.69) is 9.97 Å². The number of rotatable bonds is 3. The van der Waals surface area contributed by atoms with Crippen molar-refractivity contribution in [1.82, 2.24) is 14.3 Å². The third-order valence-corrected chi connectivity index (χ3v) is 4.46. The molecule has 1 saturated heterocycles. The highest BCUT2D eigenvalue weighted by molar-refractivity contribution is 7.89. The van der Waals surface area contributed by atoms with Gasteiger partial charge in [-0.05, 0) is 6.42 Å². The van der Waals surface area contributed by atoms with Gasteiger partial charge in [0.05, 0.1) is 12.3 Å². The second-order valence-corrected chi connectivity index (χ2v) is 5.76. The number of H-pyrrole nitrogens is 1. The number of aliphatic hydroxyl groups excluding tert-OH is 1. The molecule has 1 atom stereocenters. The van der Waals surface area contributed by atoms with Gasteiger partial charge >= 0.3 is 0 Å². The number of β-amino-alcohol motifs (C(OH)–C–C–N with tert-alkyl or cyclic N) is 1. The van der Waals surface area contributed by atoms with Crippen LogP contribution < -0.4 is 0 Å². The standard InChI is InChI=1S/C9H15N3O3S/c1-2-8-10-5-9(11-8)16(14,15)12-4-3-7(13)6-12/h5,7,13H,2-4,6H2,1H3,(H,10,11)/t7-/m1/s1. The summed E-state index contributed by atoms with van der Waals surface area (Å²) in [7, 11) is -3.51. The molecule has 1 aromatic rings. The zero-order valence-electron chi connectivity index (χ0n) is 9.05. The Balaban J connectivity index is 2.25. The van der Waals surface area contributed by atoms with Crippen molar-refractivity contribution in [3.63, 3.8) is 0 Å². The van der Waals surface area contributed by atoms with Gasteiger partial charge in [0, 0.05) is 19.5 Å². The Bertz CT molecular complexity index is 468. The summed E-state index contributed by atoms with van der Waals surface area (Å²) in [6.07, 6.45) is 1.94. The number of hydrogen-bond donors (Lipinski definition) is 2. The highest BCUT2D eigenvalue weighted by Crippen LogP contribution is 2.19. The molecule has 0 spiro atoms. The Morgan fingerprint density at radius 3 is 2.94 bits per heavy atom. The van der Waals surface area contributed by atoms with E-state index in [1.807, 2.05) is 6.92 Å². The minimum atomic E-state index is -3.51. The first-order valence-corrected chi connectivity index (χ1v) is 6.70. The molecule has 90 valence electrons. The lowest BCUT2D eigenvalue weighted by Gasteiger charge is -2.13. The van der Waals surface area contributed by atoms with E-state index in [9.17, 15) is 13.5 Å². The summed E-state index contributed by atoms with van der Waals surface area (Å²) in [5.41, 5.74) is 0. The van der Waals surface area contributed by atoms with Gasteiger partial charge in [-0.2, -0.15) is 4.31 Å². The molecule has 2 heterocycles. The van der Waals surface area contributed by atoms with E-state index in [0.29, 0.717) is 25.2 Å². The van der Waals surface area contributed by atoms with Crippen LogP contribution in [0.5, 0.6) is 0 Å². The molecule has 7 heteroatoms. The zero-order valence-corrected chi connectivity index (χ0v) is 9.87. The molecule has 1 fully saturated rings. The van der Waals surface area contributed by atoms with Gasteiger partial charge < -0.3 is 10.1 Å². The topological polar surface area (TPSA) is 86.3 Å². The predicted octanol–water partition coefficient (Wildman–Crippen LogP) is -0.273. The van der Waals surface area contributed by atoms with Crippen LogP contribution >= 0.6 is 0 Å². The summed E-state index contributed by atoms with van der Waals surface area (Å²) >= 11 is 0. The average Bonchev–Trinajstić information content (AvgIpc) is 2.85. The molecule has 1 aliphatic heterocycles. The maximum Gasteiger partial charge on any atom is 0.260 e. The molecule has 6 nitrogen and oxygen atoms in total. The van der Waals surface area contributed by atoms with Gasteiger partial charge in [-0.15, -0.1) is 0 Å². The molecular weight excluding hydrogens is 230 g/mol. The molecule has 0 aliphatic carbocycles. The van der Waals surface area contributed by atoms with Gasteiger partial charge in [0.2, 0.25) is 0 Å². The van der Waals surface area contributed by atoms with Gasteiger partial charge in [-0.25, -0.2) is 13.4 Å². The summed E-state index contributed by atoms with van der Waals surface area (Å²) in [4.78, 5) is 6.74. The smallest absolute Gasteiger partial charge is 0.260 e. The second kappa shape index (κ2) is 4.15. The zero-order chi connectivity index (χ0) is 11.8. The summed E-state index contributed by atoms with van der Waals surface area (Å²) in [6, 6.07) is 0. The molecule has 16 heavy (non-hydrogen) atoms. The number of imidazole rings is 1. The summed E-state index contributed by atoms with van der Waals surface area (Å²) < 4.78 is 25.4. The summed E-state index contributed by atoms with van der Waals surface area (Å²) in [5.74, 6) is 0.651. The van der Waals surface area contributed by atoms with E-state index in [1.54, 1.807) is 0 Å². The second-order valence-electron chi connectivity index (χ2n) is 3.85. The predicted molar refractivity (Wildman–Crippen MR) is 57.3 cm³/mol. The highest BCUT2D eigenvalue weighted by Gasteiger charge is 2.32. The van der Waals surface area contributed by atoms with Crippen LogP contribution in [0.2, 0.25) is 0 Å². The molecule has 1 aliphatic rings. The minimum Gasteiger partial charge on any atom is -0.392 e. The van der Waals surface area contributed by atoms with Crippen LogP contribution in [0.3, 0.4) is 0 Å². The number of aryl methyl sites for hydroxylation is 1. The van der Waals surface area contributed by atoms with Crippen LogP contribution in [-0.2, 0) is 16.4 Å². The molecule has 1 aromatic heterocycles. The first kappa shape index (κ1) is 11.6. The van der Waals surface area contributed by atoms with Crippen molar-refractivity contribution in [2.45, 2.75) is 30.9 Å². The third-order valence-electron chi connectivity index (χ3n) is 2.68. The molecule has 0 aromatic carbocycles. The Morgan fingerprint density at radius 1 is 1.69 bits per heavy atom. The minimum absolute atomic E-state index is 0.110. The van der Waals surface area contributed by atoms with Crippen LogP contribution in [0.15, 0.2) is 11.2 Å². The van der Waals surface area contributed by atoms with Crippen LogP contribution in [0, 0.1) is 0 Å². The molecule has 0 saturated carbocycles. The van der Waals surface area contributed by atoms with Crippen molar-refractivity contribution in [2.24, 2.45) is 0 Å². The van der Waals surface area contributed by atoms with E-state index in [4.69, 9.17) is 0 Å². The summed E-state index contributed by atoms with van der Waals surface area (Å²) in [6.45, 7) is 2.43. The van der Waals surface area contributed by atoms with E-state index >= 15 is 0 Å². The van der Waals surface area contributed by atoms with Crippen molar-refractivity contribution in [2.75, 3.05) is 13.1 Å². The van der Waals surface area contributed by atoms with E-state index < -0.39 is 16.1 Å². The average molecular weight is 245 g/mol. The van der Waals surface area contributed by atoms with E-state index in [0.717, 1.165) is 0 Å². The fourth-order valence-electron chi connectivity index (χ4n) is 1.72. The van der Waals surface area contributed by atoms with Crippen LogP contribution in [-0.4, -0.2) is 47.0 Å². The number of aromatic amines is 1. The fourth-order valence-corrected chi connectivity index (χ4v) is 3.15. The van der Waals surface area contributed by atoms with Gasteiger partial charge in [0.25, 0.3) is 10.0 Å². The van der Waals surface area contributed by atoms with Crippen molar-refractivity contribution < 1.29 is 13.5 Å². The molecule has 2 rings (SSSR count). The van der Waals surface area contributed by atoms with Gasteiger partial charge in [0.1, 0.15) is 5.82 Å². The normalized spacial score (nSPS) is 22.8. The first-order valence-electron chi connectivity index (χ1n) is 5.26. The molecule has 2 N–H and O–H groups in total. The molecule has 0 radical (unpaired) electrons. The van der Waals surface area contributed by atoms with Crippen molar-refractivity contribution in [1.29, 1.82) is 0 Å². The lowest BCUT2D eigenvalue weighted by Crippen LogP contribution is -2.30. The summed E-state index contributed by atoms with van der Waals surface area (Å²) in [5, 5.41) is 9.44. The number of nitrogens with one attached hydrogen (secondary N) is 1. The first-order chi connectivity index (χ1) is 7.54. The fraction of sp³-hybridized carbons (Fsp3) is 0.667. The largest absolute Gasteiger partial charge is 0.392 e. The van der Waals surface area contributed by atoms with Crippen molar-refractivity contribution in [3.8, 4) is 0 Å². The van der Waals surface area contributed by atoms with E-state index in [-0.39, 0.29) is 11.6 Å². The van der Waals surface area contributed by atoms with Gasteiger partial charge in [0.15, 0.2) is 5.03 Å². The van der Waals surface area contributed by atoms with Crippen LogP contribution in [0.1, 0.15) is 19.2 Å². The maximum atomic E-state index is 12.1. The van der Waals surface area contributed by atoms with Gasteiger partial charge in [-0.1, -0.05) is 6.92 Å². The Morgan fingerprint density at radius 2 is 2.44 bits per heavy atom. The van der Waals surface area contributed by atoms with Crippen molar-refractivity contribution >= 4 is 10.0 Å².